The summed E-state index contributed by atoms with van der Waals surface area (Å²) in [6.07, 6.45) is 5.22. The third-order valence-electron chi connectivity index (χ3n) is 5.96. The molecule has 0 aliphatic carbocycles. The Morgan fingerprint density at radius 2 is 2.04 bits per heavy atom. The average Bonchev–Trinajstić information content (AvgIpc) is 3.29. The van der Waals surface area contributed by atoms with E-state index in [0.29, 0.717) is 5.92 Å². The zero-order valence-electron chi connectivity index (χ0n) is 16.6. The highest BCUT2D eigenvalue weighted by Crippen LogP contribution is 2.24. The number of aromatic amines is 1. The largest absolute Gasteiger partial charge is 0.361 e. The van der Waals surface area contributed by atoms with Crippen LogP contribution in [0.25, 0.3) is 10.9 Å². The zero-order valence-corrected chi connectivity index (χ0v) is 16.6. The fourth-order valence-electron chi connectivity index (χ4n) is 4.36. The van der Waals surface area contributed by atoms with Crippen LogP contribution >= 0.6 is 0 Å². The maximum absolute atomic E-state index is 4.59. The van der Waals surface area contributed by atoms with Crippen LogP contribution < -0.4 is 0 Å². The van der Waals surface area contributed by atoms with Crippen LogP contribution in [-0.4, -0.2) is 50.7 Å². The molecule has 4 rings (SSSR count). The molecule has 1 N–H and O–H groups in total. The lowest BCUT2D eigenvalue weighted by molar-refractivity contribution is 0.196. The second kappa shape index (κ2) is 8.28. The second-order valence-electron chi connectivity index (χ2n) is 7.71. The first-order chi connectivity index (χ1) is 13.3. The molecule has 1 aliphatic rings. The minimum absolute atomic E-state index is 0.636. The number of H-pyrrole nitrogens is 1. The molecule has 5 heteroatoms. The standard InChI is InChI=1S/C22H31N5/c1-3-25(4-2)13-10-18-14-26(17-20-8-12-24-27(20)15-18)16-19-6-5-7-22-21(19)9-11-23-22/h5-9,11-12,18,23H,3-4,10,13-17H2,1-2H3. The van der Waals surface area contributed by atoms with Gasteiger partial charge in [-0.1, -0.05) is 26.0 Å². The van der Waals surface area contributed by atoms with E-state index in [1.54, 1.807) is 0 Å². The molecular weight excluding hydrogens is 334 g/mol. The monoisotopic (exact) mass is 365 g/mol. The van der Waals surface area contributed by atoms with Crippen LogP contribution in [0.4, 0.5) is 0 Å². The molecule has 0 radical (unpaired) electrons. The topological polar surface area (TPSA) is 40.1 Å². The molecule has 1 aromatic carbocycles. The molecule has 0 saturated carbocycles. The number of benzene rings is 1. The lowest BCUT2D eigenvalue weighted by atomic mass is 10.0. The predicted molar refractivity (Wildman–Crippen MR) is 111 cm³/mol. The van der Waals surface area contributed by atoms with Crippen LogP contribution in [0, 0.1) is 5.92 Å². The molecule has 3 aromatic rings. The van der Waals surface area contributed by atoms with Gasteiger partial charge in [0.25, 0.3) is 0 Å². The lowest BCUT2D eigenvalue weighted by Crippen LogP contribution is -2.31. The van der Waals surface area contributed by atoms with Gasteiger partial charge in [0.05, 0.1) is 5.69 Å². The van der Waals surface area contributed by atoms with Gasteiger partial charge in [0.2, 0.25) is 0 Å². The molecule has 3 heterocycles. The molecule has 0 fully saturated rings. The zero-order chi connectivity index (χ0) is 18.6. The summed E-state index contributed by atoms with van der Waals surface area (Å²) >= 11 is 0. The van der Waals surface area contributed by atoms with Crippen LogP contribution in [0.2, 0.25) is 0 Å². The minimum Gasteiger partial charge on any atom is -0.361 e. The van der Waals surface area contributed by atoms with Gasteiger partial charge in [-0.15, -0.1) is 0 Å². The van der Waals surface area contributed by atoms with E-state index in [-0.39, 0.29) is 0 Å². The molecule has 5 nitrogen and oxygen atoms in total. The number of fused-ring (bicyclic) bond motifs is 2. The third-order valence-corrected chi connectivity index (χ3v) is 5.96. The first-order valence-corrected chi connectivity index (χ1v) is 10.3. The van der Waals surface area contributed by atoms with Gasteiger partial charge in [-0.05, 0) is 55.7 Å². The van der Waals surface area contributed by atoms with E-state index in [1.165, 1.54) is 35.1 Å². The molecule has 0 saturated heterocycles. The van der Waals surface area contributed by atoms with E-state index < -0.39 is 0 Å². The summed E-state index contributed by atoms with van der Waals surface area (Å²) in [4.78, 5) is 8.47. The molecular formula is C22H31N5. The smallest absolute Gasteiger partial charge is 0.0524 e. The van der Waals surface area contributed by atoms with Crippen LogP contribution in [0.15, 0.2) is 42.7 Å². The van der Waals surface area contributed by atoms with Gasteiger partial charge in [0.1, 0.15) is 0 Å². The molecule has 2 aromatic heterocycles. The van der Waals surface area contributed by atoms with Gasteiger partial charge in [-0.2, -0.15) is 5.10 Å². The van der Waals surface area contributed by atoms with E-state index in [9.17, 15) is 0 Å². The van der Waals surface area contributed by atoms with Crippen LogP contribution in [0.3, 0.4) is 0 Å². The van der Waals surface area contributed by atoms with Gasteiger partial charge < -0.3 is 9.88 Å². The Kier molecular flexibility index (Phi) is 5.60. The summed E-state index contributed by atoms with van der Waals surface area (Å²) in [5.41, 5.74) is 3.97. The van der Waals surface area contributed by atoms with Crippen molar-refractivity contribution in [1.29, 1.82) is 0 Å². The van der Waals surface area contributed by atoms with Crippen molar-refractivity contribution >= 4 is 10.9 Å². The molecule has 27 heavy (non-hydrogen) atoms. The van der Waals surface area contributed by atoms with Crippen molar-refractivity contribution in [1.82, 2.24) is 24.6 Å². The normalized spacial score (nSPS) is 18.1. The number of hydrogen-bond donors (Lipinski definition) is 1. The van der Waals surface area contributed by atoms with Crippen molar-refractivity contribution in [3.63, 3.8) is 0 Å². The Balaban J connectivity index is 1.52. The lowest BCUT2D eigenvalue weighted by Gasteiger charge is -2.26. The van der Waals surface area contributed by atoms with E-state index in [0.717, 1.165) is 39.3 Å². The van der Waals surface area contributed by atoms with Crippen molar-refractivity contribution in [2.24, 2.45) is 5.92 Å². The van der Waals surface area contributed by atoms with Crippen molar-refractivity contribution in [3.05, 3.63) is 54.0 Å². The maximum Gasteiger partial charge on any atom is 0.0524 e. The highest BCUT2D eigenvalue weighted by atomic mass is 15.3. The van der Waals surface area contributed by atoms with E-state index in [4.69, 9.17) is 0 Å². The summed E-state index contributed by atoms with van der Waals surface area (Å²) in [7, 11) is 0. The van der Waals surface area contributed by atoms with E-state index >= 15 is 0 Å². The van der Waals surface area contributed by atoms with E-state index in [1.807, 2.05) is 12.4 Å². The highest BCUT2D eigenvalue weighted by Gasteiger charge is 2.23. The Morgan fingerprint density at radius 3 is 2.89 bits per heavy atom. The third kappa shape index (κ3) is 4.09. The van der Waals surface area contributed by atoms with Crippen LogP contribution in [0.5, 0.6) is 0 Å². The summed E-state index contributed by atoms with van der Waals surface area (Å²) in [6.45, 7) is 12.1. The van der Waals surface area contributed by atoms with Gasteiger partial charge in [0, 0.05) is 49.5 Å². The van der Waals surface area contributed by atoms with E-state index in [2.05, 4.69) is 68.7 Å². The van der Waals surface area contributed by atoms with Crippen LogP contribution in [-0.2, 0) is 19.6 Å². The first-order valence-electron chi connectivity index (χ1n) is 10.3. The molecule has 1 atom stereocenters. The van der Waals surface area contributed by atoms with Crippen LogP contribution in [0.1, 0.15) is 31.5 Å². The molecule has 0 bridgehead atoms. The molecule has 0 spiro atoms. The maximum atomic E-state index is 4.59. The highest BCUT2D eigenvalue weighted by molar-refractivity contribution is 5.82. The Hall–Kier alpha value is -2.11. The summed E-state index contributed by atoms with van der Waals surface area (Å²) in [5, 5.41) is 5.93. The molecule has 0 amide bonds. The number of aromatic nitrogens is 3. The Labute approximate surface area is 162 Å². The minimum atomic E-state index is 0.636. The Morgan fingerprint density at radius 1 is 1.15 bits per heavy atom. The fourth-order valence-corrected chi connectivity index (χ4v) is 4.36. The van der Waals surface area contributed by atoms with Crippen molar-refractivity contribution in [2.45, 2.75) is 39.9 Å². The number of hydrogen-bond acceptors (Lipinski definition) is 3. The fraction of sp³-hybridized carbons (Fsp3) is 0.500. The average molecular weight is 366 g/mol. The molecule has 1 unspecified atom stereocenters. The van der Waals surface area contributed by atoms with Gasteiger partial charge in [-0.25, -0.2) is 0 Å². The molecule has 144 valence electrons. The van der Waals surface area contributed by atoms with Gasteiger partial charge in [-0.3, -0.25) is 9.58 Å². The van der Waals surface area contributed by atoms with Crippen molar-refractivity contribution in [2.75, 3.05) is 26.2 Å². The number of nitrogens with zero attached hydrogens (tertiary/aromatic N) is 4. The second-order valence-corrected chi connectivity index (χ2v) is 7.71. The summed E-state index contributed by atoms with van der Waals surface area (Å²) in [6, 6.07) is 11.0. The molecule has 1 aliphatic heterocycles. The SMILES string of the molecule is CCN(CC)CCC1CN(Cc2cccc3[nH]ccc23)Cc2ccnn2C1. The number of nitrogens with one attached hydrogen (secondary N) is 1. The summed E-state index contributed by atoms with van der Waals surface area (Å²) < 4.78 is 2.23. The van der Waals surface area contributed by atoms with Crippen molar-refractivity contribution in [3.8, 4) is 0 Å². The predicted octanol–water partition coefficient (Wildman–Crippen LogP) is 3.73. The summed E-state index contributed by atoms with van der Waals surface area (Å²) in [5.74, 6) is 0.636. The van der Waals surface area contributed by atoms with Gasteiger partial charge in [0.15, 0.2) is 0 Å². The number of rotatable bonds is 7. The van der Waals surface area contributed by atoms with Crippen molar-refractivity contribution < 1.29 is 0 Å². The van der Waals surface area contributed by atoms with Gasteiger partial charge >= 0.3 is 0 Å². The quantitative estimate of drug-likeness (QED) is 0.693. The Bertz CT molecular complexity index is 860. The first kappa shape index (κ1) is 18.3.